The lowest BCUT2D eigenvalue weighted by atomic mass is 9.81. The number of hydrogen-bond donors (Lipinski definition) is 1. The Kier molecular flexibility index (Phi) is 1.55. The van der Waals surface area contributed by atoms with Crippen molar-refractivity contribution in [2.75, 3.05) is 0 Å². The van der Waals surface area contributed by atoms with Gasteiger partial charge in [0.1, 0.15) is 0 Å². The molecule has 2 unspecified atom stereocenters. The van der Waals surface area contributed by atoms with Crippen LogP contribution >= 0.6 is 0 Å². The highest BCUT2D eigenvalue weighted by molar-refractivity contribution is 4.92. The average Bonchev–Trinajstić information content (AvgIpc) is 1.96. The standard InChI is InChI=1S/C8H17N/c1-6-4-5-7(9)8(6,2)3/h6-7H,4-5,9H2,1-3H3. The highest BCUT2D eigenvalue weighted by Crippen LogP contribution is 2.40. The molecule has 2 N–H and O–H groups in total. The van der Waals surface area contributed by atoms with Crippen molar-refractivity contribution < 1.29 is 0 Å². The van der Waals surface area contributed by atoms with Crippen LogP contribution in [-0.4, -0.2) is 6.04 Å². The van der Waals surface area contributed by atoms with E-state index in [4.69, 9.17) is 5.73 Å². The lowest BCUT2D eigenvalue weighted by Gasteiger charge is -2.28. The van der Waals surface area contributed by atoms with Gasteiger partial charge in [-0.15, -0.1) is 0 Å². The SMILES string of the molecule is CC1CCC(N)C1(C)C. The van der Waals surface area contributed by atoms with Gasteiger partial charge in [0, 0.05) is 6.04 Å². The van der Waals surface area contributed by atoms with Crippen LogP contribution < -0.4 is 5.73 Å². The minimum absolute atomic E-state index is 0.389. The van der Waals surface area contributed by atoms with E-state index in [9.17, 15) is 0 Å². The Morgan fingerprint density at radius 3 is 2.00 bits per heavy atom. The first-order valence-electron chi connectivity index (χ1n) is 3.80. The molecule has 54 valence electrons. The molecule has 1 fully saturated rings. The molecular weight excluding hydrogens is 110 g/mol. The molecule has 1 aliphatic rings. The molecule has 0 radical (unpaired) electrons. The highest BCUT2D eigenvalue weighted by atomic mass is 14.7. The van der Waals surface area contributed by atoms with Gasteiger partial charge in [-0.3, -0.25) is 0 Å². The Hall–Kier alpha value is -0.0400. The molecule has 0 aromatic heterocycles. The molecule has 1 aliphatic carbocycles. The van der Waals surface area contributed by atoms with Crippen LogP contribution in [0.15, 0.2) is 0 Å². The van der Waals surface area contributed by atoms with Gasteiger partial charge >= 0.3 is 0 Å². The maximum absolute atomic E-state index is 5.90. The average molecular weight is 127 g/mol. The second-order valence-corrected chi connectivity index (χ2v) is 3.91. The van der Waals surface area contributed by atoms with Crippen molar-refractivity contribution in [3.63, 3.8) is 0 Å². The van der Waals surface area contributed by atoms with Crippen molar-refractivity contribution in [1.82, 2.24) is 0 Å². The summed E-state index contributed by atoms with van der Waals surface area (Å²) >= 11 is 0. The zero-order valence-corrected chi connectivity index (χ0v) is 6.65. The van der Waals surface area contributed by atoms with Gasteiger partial charge in [0.05, 0.1) is 0 Å². The zero-order valence-electron chi connectivity index (χ0n) is 6.65. The van der Waals surface area contributed by atoms with Crippen molar-refractivity contribution in [2.24, 2.45) is 17.1 Å². The largest absolute Gasteiger partial charge is 0.327 e. The molecule has 2 atom stereocenters. The highest BCUT2D eigenvalue weighted by Gasteiger charge is 2.37. The predicted molar refractivity (Wildman–Crippen MR) is 40.2 cm³/mol. The molecule has 0 aromatic carbocycles. The molecule has 0 spiro atoms. The Bertz CT molecular complexity index is 95.1. The molecule has 1 nitrogen and oxygen atoms in total. The Morgan fingerprint density at radius 1 is 1.33 bits per heavy atom. The van der Waals surface area contributed by atoms with Gasteiger partial charge < -0.3 is 5.73 Å². The summed E-state index contributed by atoms with van der Waals surface area (Å²) < 4.78 is 0. The van der Waals surface area contributed by atoms with Crippen molar-refractivity contribution in [2.45, 2.75) is 39.7 Å². The third kappa shape index (κ3) is 0.983. The fraction of sp³-hybridized carbons (Fsp3) is 1.00. The molecule has 9 heavy (non-hydrogen) atoms. The summed E-state index contributed by atoms with van der Waals surface area (Å²) in [4.78, 5) is 0. The number of hydrogen-bond acceptors (Lipinski definition) is 1. The quantitative estimate of drug-likeness (QED) is 0.527. The van der Waals surface area contributed by atoms with Gasteiger partial charge in [0.15, 0.2) is 0 Å². The van der Waals surface area contributed by atoms with E-state index in [2.05, 4.69) is 20.8 Å². The summed E-state index contributed by atoms with van der Waals surface area (Å²) in [5, 5.41) is 0. The summed E-state index contributed by atoms with van der Waals surface area (Å²) in [6, 6.07) is 0.437. The van der Waals surface area contributed by atoms with Crippen LogP contribution in [0, 0.1) is 11.3 Å². The maximum Gasteiger partial charge on any atom is 0.00929 e. The number of nitrogens with two attached hydrogens (primary N) is 1. The Labute approximate surface area is 57.6 Å². The molecule has 0 bridgehead atoms. The Morgan fingerprint density at radius 2 is 1.89 bits per heavy atom. The van der Waals surface area contributed by atoms with Crippen molar-refractivity contribution in [3.8, 4) is 0 Å². The van der Waals surface area contributed by atoms with Gasteiger partial charge in [0.2, 0.25) is 0 Å². The van der Waals surface area contributed by atoms with Crippen molar-refractivity contribution in [3.05, 3.63) is 0 Å². The smallest absolute Gasteiger partial charge is 0.00929 e. The van der Waals surface area contributed by atoms with Crippen LogP contribution in [0.4, 0.5) is 0 Å². The van der Waals surface area contributed by atoms with Crippen molar-refractivity contribution >= 4 is 0 Å². The van der Waals surface area contributed by atoms with E-state index >= 15 is 0 Å². The third-order valence-electron chi connectivity index (χ3n) is 3.14. The van der Waals surface area contributed by atoms with Gasteiger partial charge in [0.25, 0.3) is 0 Å². The molecular formula is C8H17N. The van der Waals surface area contributed by atoms with Gasteiger partial charge in [-0.25, -0.2) is 0 Å². The molecule has 0 heterocycles. The van der Waals surface area contributed by atoms with E-state index in [0.717, 1.165) is 5.92 Å². The van der Waals surface area contributed by atoms with Crippen LogP contribution in [0.25, 0.3) is 0 Å². The van der Waals surface area contributed by atoms with E-state index in [1.807, 2.05) is 0 Å². The minimum Gasteiger partial charge on any atom is -0.327 e. The van der Waals surface area contributed by atoms with E-state index in [1.54, 1.807) is 0 Å². The van der Waals surface area contributed by atoms with Gasteiger partial charge in [-0.05, 0) is 24.2 Å². The first kappa shape index (κ1) is 7.07. The maximum atomic E-state index is 5.90. The van der Waals surface area contributed by atoms with Crippen LogP contribution in [0.5, 0.6) is 0 Å². The zero-order chi connectivity index (χ0) is 7.07. The molecule has 1 saturated carbocycles. The fourth-order valence-corrected chi connectivity index (χ4v) is 1.54. The van der Waals surface area contributed by atoms with E-state index in [1.165, 1.54) is 12.8 Å². The van der Waals surface area contributed by atoms with Gasteiger partial charge in [-0.2, -0.15) is 0 Å². The van der Waals surface area contributed by atoms with Crippen LogP contribution in [0.3, 0.4) is 0 Å². The number of rotatable bonds is 0. The van der Waals surface area contributed by atoms with E-state index in [0.29, 0.717) is 11.5 Å². The van der Waals surface area contributed by atoms with Crippen LogP contribution in [0.1, 0.15) is 33.6 Å². The first-order valence-corrected chi connectivity index (χ1v) is 3.80. The van der Waals surface area contributed by atoms with E-state index in [-0.39, 0.29) is 0 Å². The Balaban J connectivity index is 2.66. The minimum atomic E-state index is 0.389. The van der Waals surface area contributed by atoms with Crippen LogP contribution in [-0.2, 0) is 0 Å². The first-order chi connectivity index (χ1) is 4.05. The summed E-state index contributed by atoms with van der Waals surface area (Å²) in [6.07, 6.45) is 2.53. The summed E-state index contributed by atoms with van der Waals surface area (Å²) in [7, 11) is 0. The second kappa shape index (κ2) is 1.98. The molecule has 1 rings (SSSR count). The third-order valence-corrected chi connectivity index (χ3v) is 3.14. The molecule has 1 heteroatoms. The monoisotopic (exact) mass is 127 g/mol. The summed E-state index contributed by atoms with van der Waals surface area (Å²) in [5.74, 6) is 0.812. The second-order valence-electron chi connectivity index (χ2n) is 3.91. The molecule has 0 aliphatic heterocycles. The fourth-order valence-electron chi connectivity index (χ4n) is 1.54. The van der Waals surface area contributed by atoms with Gasteiger partial charge in [-0.1, -0.05) is 20.8 Å². The lowest BCUT2D eigenvalue weighted by Crippen LogP contribution is -2.34. The van der Waals surface area contributed by atoms with Crippen molar-refractivity contribution in [1.29, 1.82) is 0 Å². The lowest BCUT2D eigenvalue weighted by molar-refractivity contribution is 0.250. The van der Waals surface area contributed by atoms with E-state index < -0.39 is 0 Å². The molecule has 0 amide bonds. The topological polar surface area (TPSA) is 26.0 Å². The van der Waals surface area contributed by atoms with Crippen LogP contribution in [0.2, 0.25) is 0 Å². The molecule has 0 saturated heterocycles. The normalized spacial score (nSPS) is 41.3. The molecule has 0 aromatic rings. The summed E-state index contributed by atoms with van der Waals surface area (Å²) in [5.41, 5.74) is 6.29. The predicted octanol–water partition coefficient (Wildman–Crippen LogP) is 1.77. The summed E-state index contributed by atoms with van der Waals surface area (Å²) in [6.45, 7) is 6.84.